The fourth-order valence-electron chi connectivity index (χ4n) is 1.63. The van der Waals surface area contributed by atoms with Crippen molar-refractivity contribution < 1.29 is 4.74 Å². The van der Waals surface area contributed by atoms with Gasteiger partial charge >= 0.3 is 0 Å². The molecular weight excluding hydrogens is 152 g/mol. The number of ether oxygens (including phenoxy) is 1. The summed E-state index contributed by atoms with van der Waals surface area (Å²) in [5.74, 6) is 0. The first kappa shape index (κ1) is 9.27. The Kier molecular flexibility index (Phi) is 4.16. The predicted molar refractivity (Wildman–Crippen MR) is 52.0 cm³/mol. The molecular formula is C9H20OSi. The SMILES string of the molecule is CCC([SiH3])OC1CCCCC1. The molecule has 1 aliphatic carbocycles. The van der Waals surface area contributed by atoms with E-state index in [0.29, 0.717) is 11.8 Å². The van der Waals surface area contributed by atoms with Gasteiger partial charge in [-0.1, -0.05) is 26.2 Å². The van der Waals surface area contributed by atoms with Gasteiger partial charge in [-0.2, -0.15) is 0 Å². The first-order chi connectivity index (χ1) is 5.33. The lowest BCUT2D eigenvalue weighted by Gasteiger charge is -2.25. The summed E-state index contributed by atoms with van der Waals surface area (Å²) in [6, 6.07) is 0. The second-order valence-electron chi connectivity index (χ2n) is 3.61. The first-order valence-electron chi connectivity index (χ1n) is 4.98. The molecule has 0 saturated heterocycles. The van der Waals surface area contributed by atoms with Gasteiger partial charge in [-0.25, -0.2) is 0 Å². The molecule has 1 saturated carbocycles. The van der Waals surface area contributed by atoms with Gasteiger partial charge in [0, 0.05) is 16.0 Å². The van der Waals surface area contributed by atoms with Gasteiger partial charge in [0.2, 0.25) is 0 Å². The van der Waals surface area contributed by atoms with Crippen LogP contribution in [-0.2, 0) is 4.74 Å². The molecule has 2 heteroatoms. The van der Waals surface area contributed by atoms with Crippen LogP contribution in [0.3, 0.4) is 0 Å². The van der Waals surface area contributed by atoms with E-state index in [1.54, 1.807) is 0 Å². The van der Waals surface area contributed by atoms with Crippen molar-refractivity contribution in [1.29, 1.82) is 0 Å². The molecule has 66 valence electrons. The molecule has 0 aliphatic heterocycles. The average Bonchev–Trinajstić information content (AvgIpc) is 2.06. The average molecular weight is 172 g/mol. The van der Waals surface area contributed by atoms with Crippen LogP contribution >= 0.6 is 0 Å². The van der Waals surface area contributed by atoms with Gasteiger partial charge in [0.1, 0.15) is 0 Å². The highest BCUT2D eigenvalue weighted by molar-refractivity contribution is 6.10. The fraction of sp³-hybridized carbons (Fsp3) is 1.00. The molecule has 0 N–H and O–H groups in total. The molecule has 0 bridgehead atoms. The van der Waals surface area contributed by atoms with Crippen LogP contribution in [0.5, 0.6) is 0 Å². The van der Waals surface area contributed by atoms with Crippen molar-refractivity contribution in [2.24, 2.45) is 0 Å². The second kappa shape index (κ2) is 4.94. The van der Waals surface area contributed by atoms with Crippen molar-refractivity contribution in [3.8, 4) is 0 Å². The Morgan fingerprint density at radius 2 is 2.00 bits per heavy atom. The smallest absolute Gasteiger partial charge is 0.0574 e. The summed E-state index contributed by atoms with van der Waals surface area (Å²) in [5, 5.41) is 0. The fourth-order valence-corrected chi connectivity index (χ4v) is 2.01. The van der Waals surface area contributed by atoms with E-state index in [1.807, 2.05) is 0 Å². The first-order valence-corrected chi connectivity index (χ1v) is 6.14. The lowest BCUT2D eigenvalue weighted by molar-refractivity contribution is 0.00718. The van der Waals surface area contributed by atoms with Crippen LogP contribution in [0.15, 0.2) is 0 Å². The van der Waals surface area contributed by atoms with Gasteiger partial charge in [-0.15, -0.1) is 0 Å². The van der Waals surface area contributed by atoms with Crippen molar-refractivity contribution in [2.45, 2.75) is 57.3 Å². The maximum Gasteiger partial charge on any atom is 0.0574 e. The third-order valence-electron chi connectivity index (χ3n) is 2.55. The Morgan fingerprint density at radius 3 is 2.55 bits per heavy atom. The highest BCUT2D eigenvalue weighted by atomic mass is 28.1. The molecule has 1 rings (SSSR count). The van der Waals surface area contributed by atoms with E-state index >= 15 is 0 Å². The molecule has 1 atom stereocenters. The zero-order valence-corrected chi connectivity index (χ0v) is 9.81. The lowest BCUT2D eigenvalue weighted by Crippen LogP contribution is -2.23. The Morgan fingerprint density at radius 1 is 1.36 bits per heavy atom. The molecule has 1 nitrogen and oxygen atoms in total. The van der Waals surface area contributed by atoms with E-state index in [0.717, 1.165) is 0 Å². The van der Waals surface area contributed by atoms with Crippen LogP contribution < -0.4 is 0 Å². The normalized spacial score (nSPS) is 23.7. The summed E-state index contributed by atoms with van der Waals surface area (Å²) in [4.78, 5) is 0. The minimum Gasteiger partial charge on any atom is -0.379 e. The summed E-state index contributed by atoms with van der Waals surface area (Å²) in [6.45, 7) is 2.22. The summed E-state index contributed by atoms with van der Waals surface area (Å²) in [6.07, 6.45) is 8.68. The highest BCUT2D eigenvalue weighted by Crippen LogP contribution is 2.21. The van der Waals surface area contributed by atoms with E-state index in [-0.39, 0.29) is 0 Å². The topological polar surface area (TPSA) is 9.23 Å². The summed E-state index contributed by atoms with van der Waals surface area (Å²) < 4.78 is 5.90. The zero-order chi connectivity index (χ0) is 8.10. The van der Waals surface area contributed by atoms with Crippen LogP contribution in [0.4, 0.5) is 0 Å². The molecule has 11 heavy (non-hydrogen) atoms. The van der Waals surface area contributed by atoms with Gasteiger partial charge in [-0.3, -0.25) is 0 Å². The number of rotatable bonds is 3. The van der Waals surface area contributed by atoms with E-state index < -0.39 is 0 Å². The van der Waals surface area contributed by atoms with Crippen LogP contribution in [0.2, 0.25) is 0 Å². The maximum absolute atomic E-state index is 5.90. The van der Waals surface area contributed by atoms with Gasteiger partial charge in [0.25, 0.3) is 0 Å². The van der Waals surface area contributed by atoms with Gasteiger partial charge in [0.15, 0.2) is 0 Å². The molecule has 1 aliphatic rings. The molecule has 0 aromatic carbocycles. The van der Waals surface area contributed by atoms with Crippen molar-refractivity contribution in [1.82, 2.24) is 0 Å². The van der Waals surface area contributed by atoms with E-state index in [2.05, 4.69) is 6.92 Å². The van der Waals surface area contributed by atoms with Crippen LogP contribution in [-0.4, -0.2) is 22.1 Å². The van der Waals surface area contributed by atoms with Crippen molar-refractivity contribution in [2.75, 3.05) is 0 Å². The Bertz CT molecular complexity index is 99.7. The molecule has 0 spiro atoms. The molecule has 0 heterocycles. The maximum atomic E-state index is 5.90. The molecule has 0 aromatic rings. The van der Waals surface area contributed by atoms with Crippen LogP contribution in [0, 0.1) is 0 Å². The van der Waals surface area contributed by atoms with Gasteiger partial charge in [0.05, 0.1) is 6.10 Å². The quantitative estimate of drug-likeness (QED) is 0.585. The Balaban J connectivity index is 2.13. The minimum absolute atomic E-state index is 0.609. The molecule has 0 aromatic heterocycles. The third kappa shape index (κ3) is 3.39. The highest BCUT2D eigenvalue weighted by Gasteiger charge is 2.15. The Hall–Kier alpha value is 0.177. The summed E-state index contributed by atoms with van der Waals surface area (Å²) in [7, 11) is 1.20. The second-order valence-corrected chi connectivity index (χ2v) is 4.90. The largest absolute Gasteiger partial charge is 0.379 e. The summed E-state index contributed by atoms with van der Waals surface area (Å²) in [5.41, 5.74) is 0.609. The van der Waals surface area contributed by atoms with Crippen molar-refractivity contribution >= 4 is 10.2 Å². The van der Waals surface area contributed by atoms with Crippen LogP contribution in [0.25, 0.3) is 0 Å². The van der Waals surface area contributed by atoms with Gasteiger partial charge in [-0.05, 0) is 19.3 Å². The zero-order valence-electron chi connectivity index (χ0n) is 7.81. The predicted octanol–water partition coefficient (Wildman–Crippen LogP) is 1.44. The van der Waals surface area contributed by atoms with Crippen LogP contribution in [0.1, 0.15) is 45.4 Å². The summed E-state index contributed by atoms with van der Waals surface area (Å²) >= 11 is 0. The van der Waals surface area contributed by atoms with E-state index in [9.17, 15) is 0 Å². The minimum atomic E-state index is 0.609. The number of hydrogen-bond donors (Lipinski definition) is 0. The number of hydrogen-bond acceptors (Lipinski definition) is 1. The van der Waals surface area contributed by atoms with Gasteiger partial charge < -0.3 is 4.74 Å². The van der Waals surface area contributed by atoms with E-state index in [4.69, 9.17) is 4.74 Å². The van der Waals surface area contributed by atoms with E-state index in [1.165, 1.54) is 48.8 Å². The Labute approximate surface area is 72.9 Å². The van der Waals surface area contributed by atoms with Crippen molar-refractivity contribution in [3.63, 3.8) is 0 Å². The molecule has 0 amide bonds. The molecule has 1 unspecified atom stereocenters. The molecule has 0 radical (unpaired) electrons. The molecule has 1 fully saturated rings. The lowest BCUT2D eigenvalue weighted by atomic mass is 9.98. The van der Waals surface area contributed by atoms with Crippen molar-refractivity contribution in [3.05, 3.63) is 0 Å². The third-order valence-corrected chi connectivity index (χ3v) is 3.64. The standard InChI is InChI=1S/C9H20OSi/c1-2-9(11)10-8-6-4-3-5-7-8/h8-9H,2-7H2,1,11H3. The monoisotopic (exact) mass is 172 g/mol.